The van der Waals surface area contributed by atoms with Crippen molar-refractivity contribution >= 4 is 27.7 Å². The fourth-order valence-electron chi connectivity index (χ4n) is 1.86. The van der Waals surface area contributed by atoms with E-state index in [1.165, 1.54) is 12.1 Å². The highest BCUT2D eigenvalue weighted by atomic mass is 79.9. The largest absolute Gasteiger partial charge is 0.481 e. The van der Waals surface area contributed by atoms with Crippen molar-refractivity contribution in [1.82, 2.24) is 10.9 Å². The molecule has 2 aromatic rings. The molecule has 0 saturated heterocycles. The van der Waals surface area contributed by atoms with Gasteiger partial charge in [0, 0.05) is 10.0 Å². The van der Waals surface area contributed by atoms with E-state index in [2.05, 4.69) is 26.8 Å². The van der Waals surface area contributed by atoms with Crippen LogP contribution >= 0.6 is 15.9 Å². The molecule has 2 N–H and O–H groups in total. The summed E-state index contributed by atoms with van der Waals surface area (Å²) in [5, 5.41) is 0. The van der Waals surface area contributed by atoms with Crippen LogP contribution < -0.4 is 15.6 Å². The van der Waals surface area contributed by atoms with Crippen LogP contribution in [-0.2, 0) is 11.2 Å². The minimum atomic E-state index is -0.601. The summed E-state index contributed by atoms with van der Waals surface area (Å²) < 4.78 is 19.2. The Kier molecular flexibility index (Phi) is 6.31. The lowest BCUT2D eigenvalue weighted by Crippen LogP contribution is -2.43. The van der Waals surface area contributed by atoms with Crippen LogP contribution in [-0.4, -0.2) is 18.4 Å². The van der Waals surface area contributed by atoms with Crippen LogP contribution in [0, 0.1) is 5.82 Å². The maximum Gasteiger partial charge on any atom is 0.276 e. The Bertz CT molecular complexity index is 735. The quantitative estimate of drug-likeness (QED) is 0.765. The molecular formula is C17H16BrFN2O3. The highest BCUT2D eigenvalue weighted by Gasteiger charge is 2.09. The number of hydrogen-bond donors (Lipinski definition) is 2. The number of carbonyl (C=O) groups excluding carboxylic acids is 2. The van der Waals surface area contributed by atoms with Crippen LogP contribution in [0.1, 0.15) is 22.8 Å². The minimum absolute atomic E-state index is 0.0465. The van der Waals surface area contributed by atoms with Gasteiger partial charge in [-0.15, -0.1) is 0 Å². The van der Waals surface area contributed by atoms with Crippen LogP contribution in [0.5, 0.6) is 5.75 Å². The lowest BCUT2D eigenvalue weighted by Gasteiger charge is -2.09. The molecule has 0 aliphatic carbocycles. The average molecular weight is 395 g/mol. The molecular weight excluding hydrogens is 379 g/mol. The normalized spacial score (nSPS) is 10.1. The molecule has 0 atom stereocenters. The van der Waals surface area contributed by atoms with Crippen LogP contribution in [0.2, 0.25) is 0 Å². The van der Waals surface area contributed by atoms with Gasteiger partial charge in [0.25, 0.3) is 11.8 Å². The van der Waals surface area contributed by atoms with Gasteiger partial charge in [-0.1, -0.05) is 35.0 Å². The molecule has 0 spiro atoms. The molecule has 0 bridgehead atoms. The number of hydrogen-bond acceptors (Lipinski definition) is 3. The molecule has 5 nitrogen and oxygen atoms in total. The van der Waals surface area contributed by atoms with Crippen molar-refractivity contribution in [3.63, 3.8) is 0 Å². The summed E-state index contributed by atoms with van der Waals surface area (Å²) in [6, 6.07) is 11.3. The number of aryl methyl sites for hydroxylation is 1. The van der Waals surface area contributed by atoms with Crippen molar-refractivity contribution < 1.29 is 18.7 Å². The first-order valence-corrected chi connectivity index (χ1v) is 8.05. The molecule has 126 valence electrons. The van der Waals surface area contributed by atoms with Crippen molar-refractivity contribution in [3.8, 4) is 5.75 Å². The second-order valence-corrected chi connectivity index (χ2v) is 5.83. The molecule has 24 heavy (non-hydrogen) atoms. The smallest absolute Gasteiger partial charge is 0.276 e. The van der Waals surface area contributed by atoms with Crippen LogP contribution in [0.3, 0.4) is 0 Å². The monoisotopic (exact) mass is 394 g/mol. The van der Waals surface area contributed by atoms with E-state index in [-0.39, 0.29) is 5.75 Å². The first kappa shape index (κ1) is 17.9. The second kappa shape index (κ2) is 8.44. The number of halogens is 2. The third-order valence-corrected chi connectivity index (χ3v) is 3.69. The Morgan fingerprint density at radius 2 is 1.83 bits per heavy atom. The SMILES string of the molecule is CCc1ccc(C(=O)NNC(=O)COc2ccc(Br)cc2F)cc1. The van der Waals surface area contributed by atoms with Crippen LogP contribution in [0.15, 0.2) is 46.9 Å². The summed E-state index contributed by atoms with van der Waals surface area (Å²) >= 11 is 3.13. The van der Waals surface area contributed by atoms with Crippen LogP contribution in [0.25, 0.3) is 0 Å². The van der Waals surface area contributed by atoms with Crippen molar-refractivity contribution in [2.45, 2.75) is 13.3 Å². The molecule has 0 unspecified atom stereocenters. The van der Waals surface area contributed by atoms with Gasteiger partial charge >= 0.3 is 0 Å². The van der Waals surface area contributed by atoms with E-state index in [1.807, 2.05) is 19.1 Å². The van der Waals surface area contributed by atoms with Gasteiger partial charge in [-0.2, -0.15) is 0 Å². The number of carbonyl (C=O) groups is 2. The van der Waals surface area contributed by atoms with E-state index in [0.717, 1.165) is 12.0 Å². The van der Waals surface area contributed by atoms with Crippen molar-refractivity contribution in [3.05, 3.63) is 63.9 Å². The molecule has 0 radical (unpaired) electrons. The first-order chi connectivity index (χ1) is 11.5. The predicted octanol–water partition coefficient (Wildman–Crippen LogP) is 2.99. The molecule has 2 amide bonds. The molecule has 0 aromatic heterocycles. The highest BCUT2D eigenvalue weighted by molar-refractivity contribution is 9.10. The summed E-state index contributed by atoms with van der Waals surface area (Å²) in [5.74, 6) is -1.68. The molecule has 0 saturated carbocycles. The van der Waals surface area contributed by atoms with E-state index in [9.17, 15) is 14.0 Å². The van der Waals surface area contributed by atoms with Gasteiger partial charge < -0.3 is 4.74 Å². The Labute approximate surface area is 147 Å². The van der Waals surface area contributed by atoms with Crippen LogP contribution in [0.4, 0.5) is 4.39 Å². The zero-order chi connectivity index (χ0) is 17.5. The summed E-state index contributed by atoms with van der Waals surface area (Å²) in [5.41, 5.74) is 6.03. The van der Waals surface area contributed by atoms with Gasteiger partial charge in [-0.3, -0.25) is 20.4 Å². The Morgan fingerprint density at radius 1 is 1.12 bits per heavy atom. The molecule has 7 heteroatoms. The zero-order valence-corrected chi connectivity index (χ0v) is 14.5. The molecule has 0 aliphatic heterocycles. The van der Waals surface area contributed by atoms with Crippen molar-refractivity contribution in [1.29, 1.82) is 0 Å². The number of nitrogens with one attached hydrogen (secondary N) is 2. The summed E-state index contributed by atoms with van der Waals surface area (Å²) in [6.45, 7) is 1.59. The van der Waals surface area contributed by atoms with E-state index in [4.69, 9.17) is 4.74 Å². The lowest BCUT2D eigenvalue weighted by molar-refractivity contribution is -0.123. The number of amides is 2. The Morgan fingerprint density at radius 3 is 2.46 bits per heavy atom. The van der Waals surface area contributed by atoms with Gasteiger partial charge in [-0.25, -0.2) is 4.39 Å². The number of ether oxygens (including phenoxy) is 1. The molecule has 0 heterocycles. The molecule has 0 fully saturated rings. The van der Waals surface area contributed by atoms with E-state index in [0.29, 0.717) is 10.0 Å². The third kappa shape index (κ3) is 5.06. The molecule has 2 aromatic carbocycles. The third-order valence-electron chi connectivity index (χ3n) is 3.19. The fourth-order valence-corrected chi connectivity index (χ4v) is 2.20. The number of benzene rings is 2. The zero-order valence-electron chi connectivity index (χ0n) is 12.9. The topological polar surface area (TPSA) is 67.4 Å². The summed E-state index contributed by atoms with van der Waals surface area (Å²) in [6.07, 6.45) is 0.878. The van der Waals surface area contributed by atoms with Gasteiger partial charge in [0.2, 0.25) is 0 Å². The lowest BCUT2D eigenvalue weighted by atomic mass is 10.1. The summed E-state index contributed by atoms with van der Waals surface area (Å²) in [7, 11) is 0. The van der Waals surface area contributed by atoms with Gasteiger partial charge in [0.15, 0.2) is 18.2 Å². The Balaban J connectivity index is 1.80. The average Bonchev–Trinajstić information content (AvgIpc) is 2.59. The maximum absolute atomic E-state index is 13.5. The predicted molar refractivity (Wildman–Crippen MR) is 91.0 cm³/mol. The first-order valence-electron chi connectivity index (χ1n) is 7.25. The number of rotatable bonds is 5. The maximum atomic E-state index is 13.5. The summed E-state index contributed by atoms with van der Waals surface area (Å²) in [4.78, 5) is 23.5. The minimum Gasteiger partial charge on any atom is -0.481 e. The van der Waals surface area contributed by atoms with Gasteiger partial charge in [-0.05, 0) is 42.3 Å². The van der Waals surface area contributed by atoms with Crippen molar-refractivity contribution in [2.24, 2.45) is 0 Å². The van der Waals surface area contributed by atoms with E-state index in [1.54, 1.807) is 18.2 Å². The highest BCUT2D eigenvalue weighted by Crippen LogP contribution is 2.21. The van der Waals surface area contributed by atoms with Gasteiger partial charge in [0.1, 0.15) is 0 Å². The second-order valence-electron chi connectivity index (χ2n) is 4.92. The van der Waals surface area contributed by atoms with Crippen molar-refractivity contribution in [2.75, 3.05) is 6.61 Å². The molecule has 2 rings (SSSR count). The van der Waals surface area contributed by atoms with Gasteiger partial charge in [0.05, 0.1) is 0 Å². The fraction of sp³-hybridized carbons (Fsp3) is 0.176. The molecule has 0 aliphatic rings. The Hall–Kier alpha value is -2.41. The van der Waals surface area contributed by atoms with E-state index < -0.39 is 24.2 Å². The standard InChI is InChI=1S/C17H16BrFN2O3/c1-2-11-3-5-12(6-4-11)17(23)21-20-16(22)10-24-15-8-7-13(18)9-14(15)19/h3-9H,2,10H2,1H3,(H,20,22)(H,21,23). The van der Waals surface area contributed by atoms with E-state index >= 15 is 0 Å². The number of hydrazine groups is 1.